The molecule has 2 aromatic carbocycles. The molecule has 3 heteroatoms. The molecule has 0 bridgehead atoms. The van der Waals surface area contributed by atoms with E-state index < -0.39 is 0 Å². The first-order valence-electron chi connectivity index (χ1n) is 7.56. The van der Waals surface area contributed by atoms with Crippen LogP contribution in [0, 0.1) is 11.3 Å². The van der Waals surface area contributed by atoms with Crippen molar-refractivity contribution in [2.45, 2.75) is 6.54 Å². The highest BCUT2D eigenvalue weighted by molar-refractivity contribution is 5.85. The normalized spacial score (nSPS) is 10.7. The number of pyridine rings is 1. The van der Waals surface area contributed by atoms with Crippen LogP contribution >= 0.6 is 0 Å². The molecule has 110 valence electrons. The Hall–Kier alpha value is -3.25. The highest BCUT2D eigenvalue weighted by Gasteiger charge is 2.09. The summed E-state index contributed by atoms with van der Waals surface area (Å²) in [6, 6.07) is 22.8. The zero-order chi connectivity index (χ0) is 15.6. The molecule has 0 saturated heterocycles. The van der Waals surface area contributed by atoms with Crippen LogP contribution in [-0.2, 0) is 6.54 Å². The largest absolute Gasteiger partial charge is 0.381 e. The number of fused-ring (bicyclic) bond motifs is 2. The molecule has 0 aliphatic heterocycles. The molecule has 0 fully saturated rings. The van der Waals surface area contributed by atoms with Crippen molar-refractivity contribution in [3.05, 3.63) is 84.2 Å². The summed E-state index contributed by atoms with van der Waals surface area (Å²) in [6.07, 6.45) is 3.98. The van der Waals surface area contributed by atoms with Gasteiger partial charge in [-0.2, -0.15) is 5.26 Å². The summed E-state index contributed by atoms with van der Waals surface area (Å²) in [7, 11) is 0. The van der Waals surface area contributed by atoms with Crippen LogP contribution in [0.3, 0.4) is 0 Å². The lowest BCUT2D eigenvalue weighted by Crippen LogP contribution is -1.99. The molecule has 0 atom stereocenters. The van der Waals surface area contributed by atoms with E-state index in [0.717, 1.165) is 22.3 Å². The average molecular weight is 297 g/mol. The Morgan fingerprint density at radius 1 is 0.957 bits per heavy atom. The predicted molar refractivity (Wildman–Crippen MR) is 93.4 cm³/mol. The fourth-order valence-corrected chi connectivity index (χ4v) is 2.94. The maximum Gasteiger partial charge on any atom is 0.102 e. The first-order chi connectivity index (χ1) is 11.3. The topological polar surface area (TPSA) is 40.2 Å². The molecule has 2 heterocycles. The van der Waals surface area contributed by atoms with Crippen LogP contribution in [0.1, 0.15) is 11.1 Å². The van der Waals surface area contributed by atoms with Gasteiger partial charge < -0.3 is 9.72 Å². The summed E-state index contributed by atoms with van der Waals surface area (Å²) in [5, 5.41) is 15.3. The SMILES string of the molecule is N#Cc1c(CNc2ccc3ccccc3c2)cn2ccccc12. The summed E-state index contributed by atoms with van der Waals surface area (Å²) >= 11 is 0. The van der Waals surface area contributed by atoms with Gasteiger partial charge in [0, 0.05) is 30.2 Å². The van der Waals surface area contributed by atoms with E-state index in [9.17, 15) is 5.26 Å². The summed E-state index contributed by atoms with van der Waals surface area (Å²) < 4.78 is 2.00. The molecule has 0 spiro atoms. The fraction of sp³-hybridized carbons (Fsp3) is 0.0500. The number of hydrogen-bond acceptors (Lipinski definition) is 2. The van der Waals surface area contributed by atoms with Crippen molar-refractivity contribution in [1.29, 1.82) is 5.26 Å². The standard InChI is InChI=1S/C20H15N3/c21-12-19-17(14-23-10-4-3-7-20(19)23)13-22-18-9-8-15-5-1-2-6-16(15)11-18/h1-11,14,22H,13H2. The Labute approximate surface area is 134 Å². The van der Waals surface area contributed by atoms with Crippen molar-refractivity contribution >= 4 is 22.0 Å². The molecule has 0 saturated carbocycles. The number of hydrogen-bond donors (Lipinski definition) is 1. The number of aromatic nitrogens is 1. The van der Waals surface area contributed by atoms with Gasteiger partial charge in [0.2, 0.25) is 0 Å². The Morgan fingerprint density at radius 2 is 1.78 bits per heavy atom. The maximum absolute atomic E-state index is 9.45. The van der Waals surface area contributed by atoms with Crippen LogP contribution in [0.4, 0.5) is 5.69 Å². The Bertz CT molecular complexity index is 1040. The maximum atomic E-state index is 9.45. The number of benzene rings is 2. The first-order valence-corrected chi connectivity index (χ1v) is 7.56. The van der Waals surface area contributed by atoms with Crippen molar-refractivity contribution in [2.24, 2.45) is 0 Å². The van der Waals surface area contributed by atoms with Gasteiger partial charge in [0.15, 0.2) is 0 Å². The minimum atomic E-state index is 0.628. The van der Waals surface area contributed by atoms with E-state index in [4.69, 9.17) is 0 Å². The van der Waals surface area contributed by atoms with Crippen LogP contribution in [0.2, 0.25) is 0 Å². The van der Waals surface area contributed by atoms with E-state index in [2.05, 4.69) is 41.7 Å². The van der Waals surface area contributed by atoms with E-state index in [1.54, 1.807) is 0 Å². The molecule has 2 aromatic heterocycles. The minimum absolute atomic E-state index is 0.628. The molecule has 0 amide bonds. The van der Waals surface area contributed by atoms with Gasteiger partial charge in [-0.3, -0.25) is 0 Å². The van der Waals surface area contributed by atoms with Gasteiger partial charge in [0.05, 0.1) is 11.1 Å². The summed E-state index contributed by atoms with van der Waals surface area (Å²) in [4.78, 5) is 0. The summed E-state index contributed by atoms with van der Waals surface area (Å²) in [5.74, 6) is 0. The number of nitriles is 1. The molecular weight excluding hydrogens is 282 g/mol. The van der Waals surface area contributed by atoms with E-state index in [0.29, 0.717) is 6.54 Å². The number of anilines is 1. The van der Waals surface area contributed by atoms with Gasteiger partial charge in [0.1, 0.15) is 6.07 Å². The van der Waals surface area contributed by atoms with Crippen molar-refractivity contribution in [1.82, 2.24) is 4.40 Å². The molecule has 1 N–H and O–H groups in total. The van der Waals surface area contributed by atoms with Gasteiger partial charge in [-0.25, -0.2) is 0 Å². The lowest BCUT2D eigenvalue weighted by atomic mass is 10.1. The van der Waals surface area contributed by atoms with Gasteiger partial charge in [-0.15, -0.1) is 0 Å². The van der Waals surface area contributed by atoms with Gasteiger partial charge in [-0.1, -0.05) is 36.4 Å². The molecule has 4 aromatic rings. The fourth-order valence-electron chi connectivity index (χ4n) is 2.94. The summed E-state index contributed by atoms with van der Waals surface area (Å²) in [5.41, 5.74) is 3.75. The quantitative estimate of drug-likeness (QED) is 0.601. The van der Waals surface area contributed by atoms with Crippen LogP contribution in [0.5, 0.6) is 0 Å². The number of nitrogens with zero attached hydrogens (tertiary/aromatic N) is 2. The molecule has 3 nitrogen and oxygen atoms in total. The molecule has 0 radical (unpaired) electrons. The zero-order valence-electron chi connectivity index (χ0n) is 12.5. The number of nitrogens with one attached hydrogen (secondary N) is 1. The molecule has 0 unspecified atom stereocenters. The van der Waals surface area contributed by atoms with Gasteiger partial charge in [-0.05, 0) is 35.0 Å². The van der Waals surface area contributed by atoms with Crippen molar-refractivity contribution in [3.63, 3.8) is 0 Å². The van der Waals surface area contributed by atoms with Crippen molar-refractivity contribution in [2.75, 3.05) is 5.32 Å². The molecule has 0 aliphatic carbocycles. The number of rotatable bonds is 3. The van der Waals surface area contributed by atoms with Crippen LogP contribution < -0.4 is 5.32 Å². The van der Waals surface area contributed by atoms with Crippen molar-refractivity contribution < 1.29 is 0 Å². The minimum Gasteiger partial charge on any atom is -0.381 e. The van der Waals surface area contributed by atoms with Crippen molar-refractivity contribution in [3.8, 4) is 6.07 Å². The molecule has 4 rings (SSSR count). The van der Waals surface area contributed by atoms with Crippen LogP contribution in [-0.4, -0.2) is 4.40 Å². The second kappa shape index (κ2) is 5.51. The van der Waals surface area contributed by atoms with Gasteiger partial charge in [0.25, 0.3) is 0 Å². The second-order valence-corrected chi connectivity index (χ2v) is 5.55. The lowest BCUT2D eigenvalue weighted by Gasteiger charge is -2.07. The Balaban J connectivity index is 1.64. The predicted octanol–water partition coefficient (Wildman–Crippen LogP) is 4.58. The second-order valence-electron chi connectivity index (χ2n) is 5.55. The van der Waals surface area contributed by atoms with Crippen LogP contribution in [0.15, 0.2) is 73.1 Å². The van der Waals surface area contributed by atoms with E-state index in [1.165, 1.54) is 10.8 Å². The smallest absolute Gasteiger partial charge is 0.102 e. The Kier molecular flexibility index (Phi) is 3.21. The lowest BCUT2D eigenvalue weighted by molar-refractivity contribution is 1.12. The van der Waals surface area contributed by atoms with Crippen LogP contribution in [0.25, 0.3) is 16.3 Å². The molecular formula is C20H15N3. The third kappa shape index (κ3) is 2.41. The van der Waals surface area contributed by atoms with E-state index in [1.807, 2.05) is 47.1 Å². The molecule has 0 aliphatic rings. The Morgan fingerprint density at radius 3 is 2.65 bits per heavy atom. The zero-order valence-corrected chi connectivity index (χ0v) is 12.5. The highest BCUT2D eigenvalue weighted by Crippen LogP contribution is 2.22. The summed E-state index contributed by atoms with van der Waals surface area (Å²) in [6.45, 7) is 0.628. The van der Waals surface area contributed by atoms with Gasteiger partial charge >= 0.3 is 0 Å². The van der Waals surface area contributed by atoms with E-state index >= 15 is 0 Å². The first kappa shape index (κ1) is 13.4. The third-order valence-electron chi connectivity index (χ3n) is 4.11. The average Bonchev–Trinajstić information content (AvgIpc) is 2.97. The third-order valence-corrected chi connectivity index (χ3v) is 4.11. The highest BCUT2D eigenvalue weighted by atomic mass is 14.9. The monoisotopic (exact) mass is 297 g/mol. The molecule has 23 heavy (non-hydrogen) atoms. The van der Waals surface area contributed by atoms with E-state index in [-0.39, 0.29) is 0 Å².